The van der Waals surface area contributed by atoms with Crippen LogP contribution in [0.1, 0.15) is 51.6 Å². The average Bonchev–Trinajstić information content (AvgIpc) is 2.47. The highest BCUT2D eigenvalue weighted by Crippen LogP contribution is 2.23. The second kappa shape index (κ2) is 8.42. The summed E-state index contributed by atoms with van der Waals surface area (Å²) in [5, 5.41) is 8.45. The number of carbonyl (C=O) groups excluding carboxylic acids is 1. The first-order valence-corrected chi connectivity index (χ1v) is 9.16. The van der Waals surface area contributed by atoms with Crippen molar-refractivity contribution in [3.63, 3.8) is 0 Å². The Morgan fingerprint density at radius 2 is 1.83 bits per heavy atom. The molecule has 1 fully saturated rings. The summed E-state index contributed by atoms with van der Waals surface area (Å²) in [6.07, 6.45) is 3.54. The number of hydrogen-bond acceptors (Lipinski definition) is 5. The number of rotatable bonds is 3. The molecule has 3 N–H and O–H groups in total. The van der Waals surface area contributed by atoms with E-state index in [1.807, 2.05) is 32.9 Å². The number of hydrogen-bond donors (Lipinski definition) is 2. The molecule has 130 valence electrons. The van der Waals surface area contributed by atoms with E-state index in [2.05, 4.69) is 10.1 Å². The van der Waals surface area contributed by atoms with Crippen molar-refractivity contribution in [2.75, 3.05) is 6.54 Å². The molecule has 1 saturated heterocycles. The van der Waals surface area contributed by atoms with Crippen molar-refractivity contribution in [1.82, 2.24) is 5.32 Å². The molecule has 1 aliphatic rings. The zero-order valence-corrected chi connectivity index (χ0v) is 14.7. The maximum Gasteiger partial charge on any atom is 0.293 e. The van der Waals surface area contributed by atoms with E-state index in [9.17, 15) is 13.2 Å². The summed E-state index contributed by atoms with van der Waals surface area (Å²) in [6, 6.07) is 7.16. The Morgan fingerprint density at radius 1 is 1.22 bits per heavy atom. The first kappa shape index (κ1) is 19.6. The zero-order chi connectivity index (χ0) is 17.5. The van der Waals surface area contributed by atoms with Gasteiger partial charge in [0.15, 0.2) is 0 Å². The second-order valence-electron chi connectivity index (χ2n) is 6.44. The van der Waals surface area contributed by atoms with Crippen molar-refractivity contribution in [3.05, 3.63) is 29.8 Å². The molecule has 1 atom stereocenters. The van der Waals surface area contributed by atoms with Crippen molar-refractivity contribution in [2.45, 2.75) is 56.6 Å². The topological polar surface area (TPSA) is 98.5 Å². The third-order valence-corrected chi connectivity index (χ3v) is 4.25. The van der Waals surface area contributed by atoms with Crippen molar-refractivity contribution in [3.8, 4) is 0 Å². The van der Waals surface area contributed by atoms with Gasteiger partial charge in [0.1, 0.15) is 5.60 Å². The van der Waals surface area contributed by atoms with Gasteiger partial charge in [0.25, 0.3) is 6.47 Å². The minimum absolute atomic E-state index is 0.173. The molecule has 0 saturated carbocycles. The minimum atomic E-state index is -3.57. The third-order valence-electron chi connectivity index (χ3n) is 3.32. The lowest BCUT2D eigenvalue weighted by Gasteiger charge is -2.23. The van der Waals surface area contributed by atoms with Crippen LogP contribution in [-0.4, -0.2) is 27.0 Å². The molecule has 0 spiro atoms. The number of primary sulfonamides is 1. The molecule has 0 radical (unpaired) electrons. The Hall–Kier alpha value is -1.44. The standard InChI is InChI=1S/C11H16N2O2S.C5H10O2/c12-16(14,15)10-6-4-9(5-7-10)11-3-1-2-8-13-11;1-5(2,3)7-4-6/h4-7,11,13H,1-3,8H2,(H2,12,14,15);4H,1-3H3. The molecule has 7 heteroatoms. The summed E-state index contributed by atoms with van der Waals surface area (Å²) in [4.78, 5) is 9.77. The summed E-state index contributed by atoms with van der Waals surface area (Å²) in [5.74, 6) is 0. The van der Waals surface area contributed by atoms with E-state index in [0.717, 1.165) is 18.5 Å². The largest absolute Gasteiger partial charge is 0.462 e. The molecule has 2 rings (SSSR count). The highest BCUT2D eigenvalue weighted by molar-refractivity contribution is 7.89. The molecule has 1 heterocycles. The van der Waals surface area contributed by atoms with Crippen molar-refractivity contribution in [2.24, 2.45) is 5.14 Å². The number of nitrogens with one attached hydrogen (secondary N) is 1. The third kappa shape index (κ3) is 7.58. The molecule has 1 aromatic rings. The molecule has 1 aromatic carbocycles. The van der Waals surface area contributed by atoms with Gasteiger partial charge in [0.2, 0.25) is 10.0 Å². The van der Waals surface area contributed by atoms with Crippen LogP contribution in [0.3, 0.4) is 0 Å². The lowest BCUT2D eigenvalue weighted by Crippen LogP contribution is -2.26. The molecule has 0 bridgehead atoms. The van der Waals surface area contributed by atoms with E-state index in [-0.39, 0.29) is 10.5 Å². The molecule has 0 aliphatic carbocycles. The van der Waals surface area contributed by atoms with Crippen molar-refractivity contribution in [1.29, 1.82) is 0 Å². The zero-order valence-electron chi connectivity index (χ0n) is 13.9. The Balaban J connectivity index is 0.000000322. The molecule has 23 heavy (non-hydrogen) atoms. The minimum Gasteiger partial charge on any atom is -0.462 e. The van der Waals surface area contributed by atoms with E-state index in [4.69, 9.17) is 5.14 Å². The number of ether oxygens (including phenoxy) is 1. The quantitative estimate of drug-likeness (QED) is 0.820. The number of benzene rings is 1. The van der Waals surface area contributed by atoms with Crippen LogP contribution < -0.4 is 10.5 Å². The predicted molar refractivity (Wildman–Crippen MR) is 89.3 cm³/mol. The Bertz CT molecular complexity index is 586. The van der Waals surface area contributed by atoms with E-state index < -0.39 is 10.0 Å². The Kier molecular flexibility index (Phi) is 7.18. The number of nitrogens with two attached hydrogens (primary N) is 1. The van der Waals surface area contributed by atoms with Gasteiger partial charge < -0.3 is 10.1 Å². The van der Waals surface area contributed by atoms with Crippen LogP contribution >= 0.6 is 0 Å². The van der Waals surface area contributed by atoms with Gasteiger partial charge in [-0.05, 0) is 57.9 Å². The van der Waals surface area contributed by atoms with Crippen LogP contribution in [0.2, 0.25) is 0 Å². The summed E-state index contributed by atoms with van der Waals surface area (Å²) in [5.41, 5.74) is 0.814. The number of piperidine rings is 1. The maximum absolute atomic E-state index is 11.1. The smallest absolute Gasteiger partial charge is 0.293 e. The van der Waals surface area contributed by atoms with Crippen LogP contribution in [0.5, 0.6) is 0 Å². The van der Waals surface area contributed by atoms with Gasteiger partial charge in [-0.2, -0.15) is 0 Å². The molecule has 1 aliphatic heterocycles. The number of sulfonamides is 1. The van der Waals surface area contributed by atoms with Gasteiger partial charge in [-0.1, -0.05) is 18.6 Å². The monoisotopic (exact) mass is 342 g/mol. The second-order valence-corrected chi connectivity index (χ2v) is 8.00. The fourth-order valence-corrected chi connectivity index (χ4v) is 2.69. The lowest BCUT2D eigenvalue weighted by molar-refractivity contribution is -0.138. The first-order chi connectivity index (χ1) is 10.6. The Labute approximate surface area is 138 Å². The van der Waals surface area contributed by atoms with Gasteiger partial charge in [0, 0.05) is 6.04 Å². The average molecular weight is 342 g/mol. The van der Waals surface area contributed by atoms with E-state index >= 15 is 0 Å². The van der Waals surface area contributed by atoms with Crippen LogP contribution in [-0.2, 0) is 19.6 Å². The van der Waals surface area contributed by atoms with Crippen molar-refractivity contribution < 1.29 is 17.9 Å². The fraction of sp³-hybridized carbons (Fsp3) is 0.562. The lowest BCUT2D eigenvalue weighted by atomic mass is 9.98. The Morgan fingerprint density at radius 3 is 2.17 bits per heavy atom. The van der Waals surface area contributed by atoms with Crippen LogP contribution in [0.4, 0.5) is 0 Å². The normalized spacial score (nSPS) is 18.5. The van der Waals surface area contributed by atoms with E-state index in [0.29, 0.717) is 12.5 Å². The summed E-state index contributed by atoms with van der Waals surface area (Å²) >= 11 is 0. The summed E-state index contributed by atoms with van der Waals surface area (Å²) in [7, 11) is -3.57. The molecule has 1 unspecified atom stereocenters. The summed E-state index contributed by atoms with van der Waals surface area (Å²) < 4.78 is 26.7. The van der Waals surface area contributed by atoms with Crippen LogP contribution in [0, 0.1) is 0 Å². The van der Waals surface area contributed by atoms with Gasteiger partial charge in [0.05, 0.1) is 4.90 Å². The molecular weight excluding hydrogens is 316 g/mol. The number of carbonyl (C=O) groups is 1. The SMILES string of the molecule is CC(C)(C)OC=O.NS(=O)(=O)c1ccc(C2CCCCN2)cc1. The van der Waals surface area contributed by atoms with Gasteiger partial charge in [-0.15, -0.1) is 0 Å². The molecule has 0 amide bonds. The van der Waals surface area contributed by atoms with E-state index in [1.165, 1.54) is 12.8 Å². The van der Waals surface area contributed by atoms with Gasteiger partial charge in [-0.3, -0.25) is 4.79 Å². The summed E-state index contributed by atoms with van der Waals surface area (Å²) in [6.45, 7) is 6.95. The fourth-order valence-electron chi connectivity index (χ4n) is 2.17. The van der Waals surface area contributed by atoms with Crippen molar-refractivity contribution >= 4 is 16.5 Å². The highest BCUT2D eigenvalue weighted by Gasteiger charge is 2.15. The molecule has 6 nitrogen and oxygen atoms in total. The van der Waals surface area contributed by atoms with E-state index in [1.54, 1.807) is 12.1 Å². The molecular formula is C16H26N2O4S. The van der Waals surface area contributed by atoms with Crippen LogP contribution in [0.25, 0.3) is 0 Å². The van der Waals surface area contributed by atoms with Crippen LogP contribution in [0.15, 0.2) is 29.2 Å². The highest BCUT2D eigenvalue weighted by atomic mass is 32.2. The molecule has 0 aromatic heterocycles. The van der Waals surface area contributed by atoms with Gasteiger partial charge >= 0.3 is 0 Å². The predicted octanol–water partition coefficient (Wildman–Crippen LogP) is 2.11. The first-order valence-electron chi connectivity index (χ1n) is 7.61. The van der Waals surface area contributed by atoms with Gasteiger partial charge in [-0.25, -0.2) is 13.6 Å². The maximum atomic E-state index is 11.1.